The molecular weight excluding hydrogens is 337 g/mol. The summed E-state index contributed by atoms with van der Waals surface area (Å²) in [7, 11) is 0. The SMILES string of the molecule is O=C(CCC1CCCC1)N1CCS[C@H]1c1ccc(Cl)cc1Cl. The zero-order chi connectivity index (χ0) is 15.5. The van der Waals surface area contributed by atoms with E-state index in [1.165, 1.54) is 25.7 Å². The average Bonchev–Trinajstić information content (AvgIpc) is 3.16. The van der Waals surface area contributed by atoms with E-state index in [9.17, 15) is 4.79 Å². The van der Waals surface area contributed by atoms with E-state index in [1.54, 1.807) is 17.8 Å². The van der Waals surface area contributed by atoms with Gasteiger partial charge in [0.25, 0.3) is 0 Å². The maximum absolute atomic E-state index is 12.6. The molecule has 0 unspecified atom stereocenters. The number of carbonyl (C=O) groups excluding carboxylic acids is 1. The van der Waals surface area contributed by atoms with Crippen LogP contribution < -0.4 is 0 Å². The maximum atomic E-state index is 12.6. The monoisotopic (exact) mass is 357 g/mol. The Morgan fingerprint density at radius 3 is 2.77 bits per heavy atom. The normalized spacial score (nSPS) is 22.5. The van der Waals surface area contributed by atoms with Crippen LogP contribution in [0.1, 0.15) is 49.5 Å². The fourth-order valence-corrected chi connectivity index (χ4v) is 5.35. The molecule has 0 spiro atoms. The zero-order valence-corrected chi connectivity index (χ0v) is 14.9. The summed E-state index contributed by atoms with van der Waals surface area (Å²) >= 11 is 14.1. The number of rotatable bonds is 4. The Balaban J connectivity index is 1.65. The quantitative estimate of drug-likeness (QED) is 0.705. The second-order valence-electron chi connectivity index (χ2n) is 6.17. The third-order valence-corrected chi connectivity index (χ3v) is 6.49. The molecule has 1 aliphatic carbocycles. The lowest BCUT2D eigenvalue weighted by molar-refractivity contribution is -0.131. The van der Waals surface area contributed by atoms with Gasteiger partial charge in [0.05, 0.1) is 0 Å². The first-order valence-corrected chi connectivity index (χ1v) is 9.81. The molecule has 5 heteroatoms. The van der Waals surface area contributed by atoms with E-state index < -0.39 is 0 Å². The molecule has 1 heterocycles. The highest BCUT2D eigenvalue weighted by Gasteiger charge is 2.32. The summed E-state index contributed by atoms with van der Waals surface area (Å²) in [5.74, 6) is 2.00. The van der Waals surface area contributed by atoms with Crippen molar-refractivity contribution in [3.8, 4) is 0 Å². The molecule has 1 saturated carbocycles. The predicted molar refractivity (Wildman–Crippen MR) is 94.6 cm³/mol. The number of hydrogen-bond donors (Lipinski definition) is 0. The number of carbonyl (C=O) groups is 1. The van der Waals surface area contributed by atoms with Crippen molar-refractivity contribution in [2.24, 2.45) is 5.92 Å². The smallest absolute Gasteiger partial charge is 0.223 e. The van der Waals surface area contributed by atoms with Crippen LogP contribution in [0.25, 0.3) is 0 Å². The van der Waals surface area contributed by atoms with Crippen LogP contribution in [0.5, 0.6) is 0 Å². The van der Waals surface area contributed by atoms with Crippen LogP contribution in [-0.2, 0) is 4.79 Å². The van der Waals surface area contributed by atoms with Crippen molar-refractivity contribution < 1.29 is 4.79 Å². The summed E-state index contributed by atoms with van der Waals surface area (Å²) in [6, 6.07) is 5.56. The lowest BCUT2D eigenvalue weighted by Crippen LogP contribution is -2.30. The van der Waals surface area contributed by atoms with Crippen molar-refractivity contribution in [3.63, 3.8) is 0 Å². The van der Waals surface area contributed by atoms with Crippen molar-refractivity contribution in [1.82, 2.24) is 4.90 Å². The van der Waals surface area contributed by atoms with Gasteiger partial charge in [0.2, 0.25) is 5.91 Å². The maximum Gasteiger partial charge on any atom is 0.223 e. The minimum atomic E-state index is 0.0424. The van der Waals surface area contributed by atoms with Crippen LogP contribution in [0.3, 0.4) is 0 Å². The number of amides is 1. The van der Waals surface area contributed by atoms with Crippen LogP contribution in [0.4, 0.5) is 0 Å². The Labute approximate surface area is 146 Å². The van der Waals surface area contributed by atoms with Crippen molar-refractivity contribution in [1.29, 1.82) is 0 Å². The molecule has 1 aromatic rings. The number of halogens is 2. The number of benzene rings is 1. The molecule has 1 amide bonds. The van der Waals surface area contributed by atoms with E-state index >= 15 is 0 Å². The average molecular weight is 358 g/mol. The fraction of sp³-hybridized carbons (Fsp3) is 0.588. The van der Waals surface area contributed by atoms with Gasteiger partial charge in [0.15, 0.2) is 0 Å². The molecule has 0 N–H and O–H groups in total. The zero-order valence-electron chi connectivity index (χ0n) is 12.6. The minimum Gasteiger partial charge on any atom is -0.326 e. The van der Waals surface area contributed by atoms with E-state index in [1.807, 2.05) is 17.0 Å². The first-order chi connectivity index (χ1) is 10.6. The topological polar surface area (TPSA) is 20.3 Å². The largest absolute Gasteiger partial charge is 0.326 e. The molecule has 1 atom stereocenters. The van der Waals surface area contributed by atoms with Crippen molar-refractivity contribution in [3.05, 3.63) is 33.8 Å². The Bertz CT molecular complexity index is 545. The molecule has 1 aliphatic heterocycles. The third-order valence-electron chi connectivity index (χ3n) is 4.68. The third kappa shape index (κ3) is 3.74. The van der Waals surface area contributed by atoms with Crippen molar-refractivity contribution in [2.75, 3.05) is 12.3 Å². The van der Waals surface area contributed by atoms with E-state index in [0.29, 0.717) is 16.5 Å². The molecular formula is C17H21Cl2NOS. The van der Waals surface area contributed by atoms with Crippen LogP contribution in [0, 0.1) is 5.92 Å². The van der Waals surface area contributed by atoms with Crippen molar-refractivity contribution in [2.45, 2.75) is 43.9 Å². The summed E-state index contributed by atoms with van der Waals surface area (Å²) in [5, 5.41) is 1.33. The lowest BCUT2D eigenvalue weighted by atomic mass is 10.0. The van der Waals surface area contributed by atoms with Crippen LogP contribution in [0.15, 0.2) is 18.2 Å². The first kappa shape index (κ1) is 16.5. The van der Waals surface area contributed by atoms with Gasteiger partial charge in [-0.05, 0) is 24.5 Å². The molecule has 2 fully saturated rings. The molecule has 1 aromatic carbocycles. The summed E-state index contributed by atoms with van der Waals surface area (Å²) in [5.41, 5.74) is 1.00. The van der Waals surface area contributed by atoms with E-state index in [0.717, 1.165) is 30.2 Å². The second kappa shape index (κ2) is 7.46. The van der Waals surface area contributed by atoms with Crippen LogP contribution in [0.2, 0.25) is 10.0 Å². The van der Waals surface area contributed by atoms with Gasteiger partial charge < -0.3 is 4.90 Å². The molecule has 22 heavy (non-hydrogen) atoms. The summed E-state index contributed by atoms with van der Waals surface area (Å²) in [4.78, 5) is 14.6. The fourth-order valence-electron chi connectivity index (χ4n) is 3.46. The predicted octanol–water partition coefficient (Wildman–Crippen LogP) is 5.54. The second-order valence-corrected chi connectivity index (χ2v) is 8.20. The molecule has 1 saturated heterocycles. The lowest BCUT2D eigenvalue weighted by Gasteiger charge is -2.25. The molecule has 0 aromatic heterocycles. The van der Waals surface area contributed by atoms with Gasteiger partial charge in [-0.2, -0.15) is 0 Å². The highest BCUT2D eigenvalue weighted by molar-refractivity contribution is 7.99. The van der Waals surface area contributed by atoms with Gasteiger partial charge in [-0.15, -0.1) is 11.8 Å². The van der Waals surface area contributed by atoms with E-state index in [-0.39, 0.29) is 11.3 Å². The number of nitrogens with zero attached hydrogens (tertiary/aromatic N) is 1. The number of thioether (sulfide) groups is 1. The molecule has 2 aliphatic rings. The molecule has 120 valence electrons. The summed E-state index contributed by atoms with van der Waals surface area (Å²) in [6.07, 6.45) is 6.99. The standard InChI is InChI=1S/C17H21Cl2NOS/c18-13-6-7-14(15(19)11-13)17-20(9-10-22-17)16(21)8-5-12-3-1-2-4-12/h6-7,11-12,17H,1-5,8-10H2/t17-/m0/s1. The van der Waals surface area contributed by atoms with Gasteiger partial charge in [0, 0.05) is 34.3 Å². The molecule has 2 nitrogen and oxygen atoms in total. The molecule has 0 radical (unpaired) electrons. The summed E-state index contributed by atoms with van der Waals surface area (Å²) < 4.78 is 0. The van der Waals surface area contributed by atoms with Gasteiger partial charge in [-0.25, -0.2) is 0 Å². The van der Waals surface area contributed by atoms with Gasteiger partial charge in [-0.3, -0.25) is 4.79 Å². The van der Waals surface area contributed by atoms with E-state index in [4.69, 9.17) is 23.2 Å². The highest BCUT2D eigenvalue weighted by atomic mass is 35.5. The summed E-state index contributed by atoms with van der Waals surface area (Å²) in [6.45, 7) is 0.817. The minimum absolute atomic E-state index is 0.0424. The van der Waals surface area contributed by atoms with E-state index in [2.05, 4.69) is 0 Å². The van der Waals surface area contributed by atoms with Gasteiger partial charge in [0.1, 0.15) is 5.37 Å². The Hall–Kier alpha value is -0.380. The van der Waals surface area contributed by atoms with Gasteiger partial charge >= 0.3 is 0 Å². The van der Waals surface area contributed by atoms with Crippen LogP contribution >= 0.6 is 35.0 Å². The highest BCUT2D eigenvalue weighted by Crippen LogP contribution is 2.42. The molecule has 0 bridgehead atoms. The first-order valence-electron chi connectivity index (χ1n) is 8.01. The Kier molecular flexibility index (Phi) is 5.59. The molecule has 3 rings (SSSR count). The number of hydrogen-bond acceptors (Lipinski definition) is 2. The Morgan fingerprint density at radius 1 is 1.27 bits per heavy atom. The Morgan fingerprint density at radius 2 is 2.05 bits per heavy atom. The van der Waals surface area contributed by atoms with Crippen LogP contribution in [-0.4, -0.2) is 23.1 Å². The van der Waals surface area contributed by atoms with Gasteiger partial charge in [-0.1, -0.05) is 55.0 Å². The van der Waals surface area contributed by atoms with Crippen molar-refractivity contribution >= 4 is 40.9 Å².